The van der Waals surface area contributed by atoms with Crippen molar-refractivity contribution in [2.75, 3.05) is 13.1 Å². The van der Waals surface area contributed by atoms with Gasteiger partial charge >= 0.3 is 0 Å². The van der Waals surface area contributed by atoms with Gasteiger partial charge in [-0.1, -0.05) is 70.2 Å². The standard InChI is InChI=1S/C16H16FN5.C10H15NO.C2H6/c1-2-5-14-20-15(12-6-3-7-13(17)9-8-12)21-22(14)16-18-10-4-11-19-16;1-2-11-8-10(12)9-6-4-3-5-7-9;1-2/h3-4,7-11H,2,5-6H2,1H3;3-7,10-12H,2,8H2,1H3;1-2H3. The third kappa shape index (κ3) is 8.94. The van der Waals surface area contributed by atoms with Gasteiger partial charge in [-0.25, -0.2) is 19.3 Å². The number of hydrogen-bond donors (Lipinski definition) is 2. The van der Waals surface area contributed by atoms with E-state index in [0.717, 1.165) is 36.3 Å². The van der Waals surface area contributed by atoms with Crippen LogP contribution >= 0.6 is 0 Å². The second kappa shape index (κ2) is 16.2. The molecule has 1 atom stereocenters. The van der Waals surface area contributed by atoms with Crippen LogP contribution in [0.4, 0.5) is 4.39 Å². The lowest BCUT2D eigenvalue weighted by Crippen LogP contribution is -2.20. The van der Waals surface area contributed by atoms with Crippen LogP contribution in [0.5, 0.6) is 0 Å². The van der Waals surface area contributed by atoms with Crippen LogP contribution in [0.3, 0.4) is 0 Å². The number of likely N-dealkylation sites (N-methyl/N-ethyl adjacent to an activating group) is 1. The van der Waals surface area contributed by atoms with Crippen molar-refractivity contribution in [1.29, 1.82) is 0 Å². The van der Waals surface area contributed by atoms with Crippen LogP contribution in [-0.4, -0.2) is 42.9 Å². The maximum atomic E-state index is 13.3. The van der Waals surface area contributed by atoms with E-state index in [1.165, 1.54) is 12.2 Å². The molecule has 1 aliphatic carbocycles. The zero-order valence-corrected chi connectivity index (χ0v) is 21.6. The molecule has 0 saturated heterocycles. The second-order valence-electron chi connectivity index (χ2n) is 7.65. The molecule has 3 aromatic rings. The molecule has 0 bridgehead atoms. The van der Waals surface area contributed by atoms with E-state index in [9.17, 15) is 9.50 Å². The van der Waals surface area contributed by atoms with Crippen molar-refractivity contribution < 1.29 is 9.50 Å². The zero-order valence-electron chi connectivity index (χ0n) is 21.6. The third-order valence-electron chi connectivity index (χ3n) is 5.01. The molecular formula is C28H37FN6O. The van der Waals surface area contributed by atoms with Crippen LogP contribution in [0.15, 0.2) is 78.9 Å². The minimum Gasteiger partial charge on any atom is -0.387 e. The van der Waals surface area contributed by atoms with Crippen LogP contribution in [0.1, 0.15) is 63.9 Å². The summed E-state index contributed by atoms with van der Waals surface area (Å²) in [7, 11) is 0. The van der Waals surface area contributed by atoms with Gasteiger partial charge in [-0.15, -0.1) is 5.10 Å². The number of aryl methyl sites for hydroxylation is 1. The van der Waals surface area contributed by atoms with Crippen molar-refractivity contribution in [3.05, 3.63) is 96.1 Å². The van der Waals surface area contributed by atoms with Crippen molar-refractivity contribution >= 4 is 5.57 Å². The molecule has 1 aromatic carbocycles. The summed E-state index contributed by atoms with van der Waals surface area (Å²) in [6.45, 7) is 9.62. The van der Waals surface area contributed by atoms with E-state index < -0.39 is 0 Å². The van der Waals surface area contributed by atoms with Crippen molar-refractivity contribution in [3.8, 4) is 5.95 Å². The quantitative estimate of drug-likeness (QED) is 0.428. The van der Waals surface area contributed by atoms with Crippen molar-refractivity contribution in [2.45, 2.75) is 53.1 Å². The summed E-state index contributed by atoms with van der Waals surface area (Å²) in [5.74, 6) is 1.62. The number of rotatable bonds is 8. The second-order valence-corrected chi connectivity index (χ2v) is 7.65. The predicted molar refractivity (Wildman–Crippen MR) is 143 cm³/mol. The number of allylic oxidation sites excluding steroid dienone is 6. The number of halogens is 1. The summed E-state index contributed by atoms with van der Waals surface area (Å²) in [5.41, 5.74) is 1.84. The molecule has 0 spiro atoms. The summed E-state index contributed by atoms with van der Waals surface area (Å²) in [5, 5.41) is 17.2. The Bertz CT molecular complexity index is 1110. The van der Waals surface area contributed by atoms with Gasteiger partial charge in [0.05, 0.1) is 6.10 Å². The molecule has 1 aliphatic rings. The molecule has 0 radical (unpaired) electrons. The average molecular weight is 493 g/mol. The Morgan fingerprint density at radius 1 is 1.06 bits per heavy atom. The van der Waals surface area contributed by atoms with Gasteiger partial charge in [0, 0.05) is 30.9 Å². The Hall–Kier alpha value is -3.49. The molecule has 2 N–H and O–H groups in total. The molecule has 7 nitrogen and oxygen atoms in total. The number of aliphatic hydroxyl groups excluding tert-OH is 1. The largest absolute Gasteiger partial charge is 0.387 e. The lowest BCUT2D eigenvalue weighted by molar-refractivity contribution is 0.175. The van der Waals surface area contributed by atoms with Gasteiger partial charge in [-0.2, -0.15) is 4.68 Å². The van der Waals surface area contributed by atoms with Gasteiger partial charge in [-0.3, -0.25) is 0 Å². The van der Waals surface area contributed by atoms with Crippen LogP contribution in [0, 0.1) is 0 Å². The Balaban J connectivity index is 0.000000277. The number of nitrogens with zero attached hydrogens (tertiary/aromatic N) is 5. The summed E-state index contributed by atoms with van der Waals surface area (Å²) < 4.78 is 14.9. The number of benzene rings is 1. The minimum atomic E-state index is -0.383. The SMILES string of the molecule is CC.CCCc1nc(C2=CC=C(F)C=CC2)nn1-c1ncccn1.CCNCC(O)c1ccccc1. The van der Waals surface area contributed by atoms with E-state index in [-0.39, 0.29) is 11.9 Å². The highest BCUT2D eigenvalue weighted by Crippen LogP contribution is 2.21. The summed E-state index contributed by atoms with van der Waals surface area (Å²) >= 11 is 0. The van der Waals surface area contributed by atoms with E-state index in [0.29, 0.717) is 24.7 Å². The fraction of sp³-hybridized carbons (Fsp3) is 0.357. The lowest BCUT2D eigenvalue weighted by Gasteiger charge is -2.10. The Morgan fingerprint density at radius 3 is 2.44 bits per heavy atom. The van der Waals surface area contributed by atoms with Crippen LogP contribution in [0.25, 0.3) is 11.5 Å². The lowest BCUT2D eigenvalue weighted by atomic mass is 10.1. The normalized spacial score (nSPS) is 13.3. The maximum Gasteiger partial charge on any atom is 0.252 e. The molecule has 0 fully saturated rings. The first-order valence-electron chi connectivity index (χ1n) is 12.5. The topological polar surface area (TPSA) is 88.8 Å². The van der Waals surface area contributed by atoms with E-state index >= 15 is 0 Å². The number of nitrogens with one attached hydrogen (secondary N) is 1. The van der Waals surface area contributed by atoms with Gasteiger partial charge < -0.3 is 10.4 Å². The molecule has 8 heteroatoms. The van der Waals surface area contributed by atoms with E-state index in [4.69, 9.17) is 0 Å². The van der Waals surface area contributed by atoms with Crippen LogP contribution in [-0.2, 0) is 6.42 Å². The first-order valence-corrected chi connectivity index (χ1v) is 12.5. The zero-order chi connectivity index (χ0) is 26.2. The fourth-order valence-corrected chi connectivity index (χ4v) is 3.27. The van der Waals surface area contributed by atoms with Crippen molar-refractivity contribution in [2.24, 2.45) is 0 Å². The molecule has 1 unspecified atom stereocenters. The van der Waals surface area contributed by atoms with Crippen molar-refractivity contribution in [1.82, 2.24) is 30.0 Å². The Labute approximate surface area is 213 Å². The maximum absolute atomic E-state index is 13.3. The highest BCUT2D eigenvalue weighted by atomic mass is 19.1. The number of aromatic nitrogens is 5. The van der Waals surface area contributed by atoms with Gasteiger partial charge in [0.25, 0.3) is 5.95 Å². The molecule has 2 aromatic heterocycles. The van der Waals surface area contributed by atoms with E-state index in [1.54, 1.807) is 35.3 Å². The van der Waals surface area contributed by atoms with Crippen molar-refractivity contribution in [3.63, 3.8) is 0 Å². The summed E-state index contributed by atoms with van der Waals surface area (Å²) in [6, 6.07) is 11.4. The van der Waals surface area contributed by atoms with Gasteiger partial charge in [0.2, 0.25) is 0 Å². The predicted octanol–water partition coefficient (Wildman–Crippen LogP) is 5.56. The first kappa shape index (κ1) is 28.7. The average Bonchev–Trinajstić information content (AvgIpc) is 3.23. The van der Waals surface area contributed by atoms with Gasteiger partial charge in [-0.05, 0) is 43.2 Å². The van der Waals surface area contributed by atoms with Gasteiger partial charge in [0.1, 0.15) is 11.7 Å². The minimum absolute atomic E-state index is 0.269. The van der Waals surface area contributed by atoms with E-state index in [1.807, 2.05) is 51.1 Å². The molecule has 0 amide bonds. The first-order chi connectivity index (χ1) is 17.6. The van der Waals surface area contributed by atoms with Crippen LogP contribution in [0.2, 0.25) is 0 Å². The third-order valence-corrected chi connectivity index (χ3v) is 5.01. The molecule has 2 heterocycles. The summed E-state index contributed by atoms with van der Waals surface area (Å²) in [4.78, 5) is 13.0. The Morgan fingerprint density at radius 2 is 1.78 bits per heavy atom. The molecule has 0 aliphatic heterocycles. The van der Waals surface area contributed by atoms with Gasteiger partial charge in [0.15, 0.2) is 5.82 Å². The molecule has 192 valence electrons. The fourth-order valence-electron chi connectivity index (χ4n) is 3.27. The molecule has 36 heavy (non-hydrogen) atoms. The molecule has 0 saturated carbocycles. The van der Waals surface area contributed by atoms with Crippen LogP contribution < -0.4 is 5.32 Å². The monoisotopic (exact) mass is 492 g/mol. The highest BCUT2D eigenvalue weighted by molar-refractivity contribution is 5.64. The molecular weight excluding hydrogens is 455 g/mol. The Kier molecular flexibility index (Phi) is 13.0. The number of aliphatic hydroxyl groups is 1. The highest BCUT2D eigenvalue weighted by Gasteiger charge is 2.15. The molecule has 4 rings (SSSR count). The summed E-state index contributed by atoms with van der Waals surface area (Å²) in [6.07, 6.45) is 11.6. The smallest absolute Gasteiger partial charge is 0.252 e. The number of hydrogen-bond acceptors (Lipinski definition) is 6. The van der Waals surface area contributed by atoms with E-state index in [2.05, 4.69) is 32.3 Å².